The molecule has 2 N–H and O–H groups in total. The van der Waals surface area contributed by atoms with Gasteiger partial charge in [0.2, 0.25) is 0 Å². The molecule has 1 heterocycles. The number of halogens is 1. The van der Waals surface area contributed by atoms with E-state index in [9.17, 15) is 0 Å². The number of hydrogen-bond donors (Lipinski definition) is 2. The average molecular weight is 212 g/mol. The molecule has 1 aromatic carbocycles. The number of rotatable bonds is 0. The Morgan fingerprint density at radius 1 is 1.43 bits per heavy atom. The third-order valence-corrected chi connectivity index (χ3v) is 1.75. The van der Waals surface area contributed by atoms with Crippen molar-refractivity contribution in [1.29, 1.82) is 0 Å². The van der Waals surface area contributed by atoms with Crippen LogP contribution in [0.15, 0.2) is 30.5 Å². The highest BCUT2D eigenvalue weighted by Gasteiger charge is 1.92. The van der Waals surface area contributed by atoms with Crippen LogP contribution < -0.4 is 0 Å². The highest BCUT2D eigenvalue weighted by atomic mass is 35.5. The molecule has 0 saturated heterocycles. The summed E-state index contributed by atoms with van der Waals surface area (Å²) >= 11 is 5.76. The second kappa shape index (κ2) is 4.67. The van der Waals surface area contributed by atoms with Crippen molar-refractivity contribution in [3.05, 3.63) is 35.5 Å². The van der Waals surface area contributed by atoms with Crippen molar-refractivity contribution in [2.75, 3.05) is 0 Å². The third-order valence-electron chi connectivity index (χ3n) is 1.52. The van der Waals surface area contributed by atoms with Gasteiger partial charge in [-0.1, -0.05) is 17.7 Å². The van der Waals surface area contributed by atoms with E-state index in [4.69, 9.17) is 21.5 Å². The van der Waals surface area contributed by atoms with Gasteiger partial charge in [-0.3, -0.25) is 4.79 Å². The van der Waals surface area contributed by atoms with Crippen molar-refractivity contribution in [2.24, 2.45) is 0 Å². The number of H-pyrrole nitrogens is 1. The Hall–Kier alpha value is -1.48. The first-order valence-electron chi connectivity index (χ1n) is 4.02. The Labute approximate surface area is 86.3 Å². The Morgan fingerprint density at radius 2 is 2.07 bits per heavy atom. The molecule has 0 radical (unpaired) electrons. The molecule has 0 bridgehead atoms. The molecular weight excluding hydrogens is 202 g/mol. The van der Waals surface area contributed by atoms with Crippen molar-refractivity contribution < 1.29 is 9.90 Å². The first-order valence-corrected chi connectivity index (χ1v) is 4.39. The second-order valence-corrected chi connectivity index (χ2v) is 3.16. The van der Waals surface area contributed by atoms with Crippen LogP contribution in [0.4, 0.5) is 0 Å². The predicted molar refractivity (Wildman–Crippen MR) is 56.6 cm³/mol. The first kappa shape index (κ1) is 10.6. The van der Waals surface area contributed by atoms with Gasteiger partial charge in [-0.05, 0) is 23.6 Å². The summed E-state index contributed by atoms with van der Waals surface area (Å²) in [6.45, 7) is 1.08. The van der Waals surface area contributed by atoms with E-state index < -0.39 is 5.97 Å². The maximum Gasteiger partial charge on any atom is 0.300 e. The summed E-state index contributed by atoms with van der Waals surface area (Å²) in [5, 5.41) is 9.39. The standard InChI is InChI=1S/C8H6ClN.C2H4O2/c9-7-2-1-6-3-4-10-8(6)5-7;1-2(3)4/h1-5,10H;1H3,(H,3,4). The summed E-state index contributed by atoms with van der Waals surface area (Å²) in [5.74, 6) is -0.833. The molecule has 0 aliphatic carbocycles. The van der Waals surface area contributed by atoms with Gasteiger partial charge in [0.15, 0.2) is 0 Å². The Morgan fingerprint density at radius 3 is 2.71 bits per heavy atom. The summed E-state index contributed by atoms with van der Waals surface area (Å²) in [5.41, 5.74) is 1.09. The number of nitrogens with one attached hydrogen (secondary N) is 1. The fraction of sp³-hybridized carbons (Fsp3) is 0.100. The van der Waals surface area contributed by atoms with Crippen molar-refractivity contribution in [3.8, 4) is 0 Å². The minimum atomic E-state index is -0.833. The molecular formula is C10H10ClNO2. The molecule has 0 amide bonds. The summed E-state index contributed by atoms with van der Waals surface area (Å²) in [6, 6.07) is 7.81. The lowest BCUT2D eigenvalue weighted by atomic mass is 10.2. The number of aliphatic carboxylic acids is 1. The number of benzene rings is 1. The van der Waals surface area contributed by atoms with E-state index in [1.54, 1.807) is 0 Å². The number of carbonyl (C=O) groups is 1. The second-order valence-electron chi connectivity index (χ2n) is 2.73. The Balaban J connectivity index is 0.000000213. The van der Waals surface area contributed by atoms with Crippen molar-refractivity contribution >= 4 is 28.5 Å². The summed E-state index contributed by atoms with van der Waals surface area (Å²) in [7, 11) is 0. The number of carboxylic acids is 1. The topological polar surface area (TPSA) is 53.1 Å². The minimum Gasteiger partial charge on any atom is -0.481 e. The van der Waals surface area contributed by atoms with Crippen molar-refractivity contribution in [3.63, 3.8) is 0 Å². The molecule has 1 aromatic heterocycles. The van der Waals surface area contributed by atoms with E-state index in [1.165, 1.54) is 5.39 Å². The molecule has 14 heavy (non-hydrogen) atoms. The molecule has 2 rings (SSSR count). The molecule has 0 fully saturated rings. The van der Waals surface area contributed by atoms with Crippen LogP contribution in [0.2, 0.25) is 5.02 Å². The van der Waals surface area contributed by atoms with E-state index in [0.717, 1.165) is 17.5 Å². The van der Waals surface area contributed by atoms with Crippen LogP contribution in [0.1, 0.15) is 6.92 Å². The molecule has 4 heteroatoms. The molecule has 0 aliphatic heterocycles. The smallest absolute Gasteiger partial charge is 0.300 e. The lowest BCUT2D eigenvalue weighted by molar-refractivity contribution is -0.134. The van der Waals surface area contributed by atoms with Gasteiger partial charge in [-0.15, -0.1) is 0 Å². The Kier molecular flexibility index (Phi) is 3.54. The summed E-state index contributed by atoms with van der Waals surface area (Å²) in [6.07, 6.45) is 1.90. The maximum atomic E-state index is 9.00. The van der Waals surface area contributed by atoms with Crippen LogP contribution in [0.5, 0.6) is 0 Å². The van der Waals surface area contributed by atoms with Gasteiger partial charge in [0.25, 0.3) is 5.97 Å². The van der Waals surface area contributed by atoms with Gasteiger partial charge in [0, 0.05) is 23.7 Å². The molecule has 0 aliphatic rings. The van der Waals surface area contributed by atoms with E-state index in [0.29, 0.717) is 0 Å². The van der Waals surface area contributed by atoms with Crippen LogP contribution in [-0.4, -0.2) is 16.1 Å². The van der Waals surface area contributed by atoms with Gasteiger partial charge in [0.1, 0.15) is 0 Å². The zero-order valence-corrected chi connectivity index (χ0v) is 8.38. The predicted octanol–water partition coefficient (Wildman–Crippen LogP) is 2.91. The summed E-state index contributed by atoms with van der Waals surface area (Å²) in [4.78, 5) is 12.1. The van der Waals surface area contributed by atoms with Crippen molar-refractivity contribution in [1.82, 2.24) is 4.98 Å². The number of fused-ring (bicyclic) bond motifs is 1. The average Bonchev–Trinajstić information content (AvgIpc) is 2.49. The van der Waals surface area contributed by atoms with Gasteiger partial charge >= 0.3 is 0 Å². The highest BCUT2D eigenvalue weighted by Crippen LogP contribution is 2.16. The summed E-state index contributed by atoms with van der Waals surface area (Å²) < 4.78 is 0. The number of aromatic amines is 1. The third kappa shape index (κ3) is 3.11. The van der Waals surface area contributed by atoms with Gasteiger partial charge in [0.05, 0.1) is 0 Å². The largest absolute Gasteiger partial charge is 0.481 e. The number of carboxylic acid groups (broad SMARTS) is 1. The van der Waals surface area contributed by atoms with Crippen LogP contribution in [-0.2, 0) is 4.79 Å². The normalized spacial score (nSPS) is 9.29. The van der Waals surface area contributed by atoms with Gasteiger partial charge in [-0.25, -0.2) is 0 Å². The molecule has 3 nitrogen and oxygen atoms in total. The minimum absolute atomic E-state index is 0.773. The van der Waals surface area contributed by atoms with Gasteiger partial charge in [-0.2, -0.15) is 0 Å². The fourth-order valence-electron chi connectivity index (χ4n) is 1.02. The van der Waals surface area contributed by atoms with E-state index in [-0.39, 0.29) is 0 Å². The monoisotopic (exact) mass is 211 g/mol. The quantitative estimate of drug-likeness (QED) is 0.704. The van der Waals surface area contributed by atoms with Crippen molar-refractivity contribution in [2.45, 2.75) is 6.92 Å². The van der Waals surface area contributed by atoms with E-state index in [1.807, 2.05) is 30.5 Å². The first-order chi connectivity index (χ1) is 6.59. The zero-order chi connectivity index (χ0) is 10.6. The number of aromatic nitrogens is 1. The van der Waals surface area contributed by atoms with Crippen LogP contribution in [0.25, 0.3) is 10.9 Å². The van der Waals surface area contributed by atoms with Gasteiger partial charge < -0.3 is 10.1 Å². The van der Waals surface area contributed by atoms with Crippen LogP contribution >= 0.6 is 11.6 Å². The van der Waals surface area contributed by atoms with Crippen LogP contribution in [0.3, 0.4) is 0 Å². The van der Waals surface area contributed by atoms with Crippen LogP contribution in [0, 0.1) is 0 Å². The molecule has 0 unspecified atom stereocenters. The van der Waals surface area contributed by atoms with E-state index >= 15 is 0 Å². The maximum absolute atomic E-state index is 9.00. The fourth-order valence-corrected chi connectivity index (χ4v) is 1.19. The lowest BCUT2D eigenvalue weighted by Crippen LogP contribution is -1.78. The molecule has 0 spiro atoms. The zero-order valence-electron chi connectivity index (χ0n) is 7.62. The SMILES string of the molecule is CC(=O)O.Clc1ccc2cc[nH]c2c1. The molecule has 0 saturated carbocycles. The molecule has 0 atom stereocenters. The highest BCUT2D eigenvalue weighted by molar-refractivity contribution is 6.31. The molecule has 2 aromatic rings. The number of hydrogen-bond acceptors (Lipinski definition) is 1. The molecule has 74 valence electrons. The van der Waals surface area contributed by atoms with E-state index in [2.05, 4.69) is 4.98 Å². The Bertz CT molecular complexity index is 432. The lowest BCUT2D eigenvalue weighted by Gasteiger charge is -1.88.